The molecule has 3 amide bonds. The van der Waals surface area contributed by atoms with Crippen LogP contribution >= 0.6 is 0 Å². The number of nitrogens with zero attached hydrogens (tertiary/aromatic N) is 1. The van der Waals surface area contributed by atoms with Crippen LogP contribution in [0.25, 0.3) is 0 Å². The standard InChI is InChI=1S/C25H24N4O5/c26-23(30)21(15-17-7-3-1-4-8-17)27-25(32)22(28-24(31)19-9-5-2-6-10-19)16-18-11-13-20(14-12-18)29(33)34/h1-14,21-22H,15-16H2,(H2,26,30)(H,27,32)(H,28,31). The molecule has 2 unspecified atom stereocenters. The first kappa shape index (κ1) is 24.1. The summed E-state index contributed by atoms with van der Waals surface area (Å²) in [5.74, 6) is -1.77. The molecule has 0 fully saturated rings. The van der Waals surface area contributed by atoms with Gasteiger partial charge in [0.25, 0.3) is 11.6 Å². The largest absolute Gasteiger partial charge is 0.368 e. The third-order valence-electron chi connectivity index (χ3n) is 5.19. The van der Waals surface area contributed by atoms with Gasteiger partial charge in [-0.25, -0.2) is 0 Å². The Morgan fingerprint density at radius 1 is 0.765 bits per heavy atom. The van der Waals surface area contributed by atoms with Crippen molar-refractivity contribution >= 4 is 23.4 Å². The highest BCUT2D eigenvalue weighted by Gasteiger charge is 2.26. The lowest BCUT2D eigenvalue weighted by Crippen LogP contribution is -2.54. The molecule has 0 aliphatic carbocycles. The van der Waals surface area contributed by atoms with E-state index in [0.717, 1.165) is 5.56 Å². The monoisotopic (exact) mass is 460 g/mol. The maximum Gasteiger partial charge on any atom is 0.269 e. The van der Waals surface area contributed by atoms with Crippen molar-refractivity contribution in [2.45, 2.75) is 24.9 Å². The Hall–Kier alpha value is -4.53. The molecule has 0 saturated heterocycles. The maximum absolute atomic E-state index is 13.2. The predicted octanol–water partition coefficient (Wildman–Crippen LogP) is 2.15. The summed E-state index contributed by atoms with van der Waals surface area (Å²) in [6.45, 7) is 0. The first-order chi connectivity index (χ1) is 16.3. The topological polar surface area (TPSA) is 144 Å². The molecule has 0 heterocycles. The lowest BCUT2D eigenvalue weighted by Gasteiger charge is -2.22. The van der Waals surface area contributed by atoms with Gasteiger partial charge in [0.05, 0.1) is 4.92 Å². The van der Waals surface area contributed by atoms with Crippen molar-refractivity contribution in [1.29, 1.82) is 0 Å². The number of non-ortho nitro benzene ring substituents is 1. The molecule has 3 aromatic carbocycles. The normalized spacial score (nSPS) is 12.2. The Kier molecular flexibility index (Phi) is 8.07. The molecule has 34 heavy (non-hydrogen) atoms. The number of carbonyl (C=O) groups is 3. The number of nitro groups is 1. The Balaban J connectivity index is 1.80. The zero-order valence-corrected chi connectivity index (χ0v) is 18.2. The van der Waals surface area contributed by atoms with Gasteiger partial charge in [0.2, 0.25) is 11.8 Å². The van der Waals surface area contributed by atoms with Gasteiger partial charge in [0.1, 0.15) is 12.1 Å². The summed E-state index contributed by atoms with van der Waals surface area (Å²) in [6.07, 6.45) is 0.248. The molecule has 3 rings (SSSR count). The van der Waals surface area contributed by atoms with Gasteiger partial charge in [0.15, 0.2) is 0 Å². The quantitative estimate of drug-likeness (QED) is 0.314. The molecule has 3 aromatic rings. The van der Waals surface area contributed by atoms with Crippen molar-refractivity contribution in [2.24, 2.45) is 5.73 Å². The maximum atomic E-state index is 13.2. The SMILES string of the molecule is NC(=O)C(Cc1ccccc1)NC(=O)C(Cc1ccc([N+](=O)[O-])cc1)NC(=O)c1ccccc1. The number of nitro benzene ring substituents is 1. The van der Waals surface area contributed by atoms with Gasteiger partial charge in [-0.1, -0.05) is 60.7 Å². The van der Waals surface area contributed by atoms with Gasteiger partial charge in [0, 0.05) is 30.5 Å². The number of hydrogen-bond acceptors (Lipinski definition) is 5. The lowest BCUT2D eigenvalue weighted by molar-refractivity contribution is -0.384. The van der Waals surface area contributed by atoms with Crippen LogP contribution in [0, 0.1) is 10.1 Å². The van der Waals surface area contributed by atoms with Crippen molar-refractivity contribution in [3.8, 4) is 0 Å². The summed E-state index contributed by atoms with van der Waals surface area (Å²) in [5, 5.41) is 16.2. The first-order valence-electron chi connectivity index (χ1n) is 10.6. The second kappa shape index (κ2) is 11.4. The highest BCUT2D eigenvalue weighted by molar-refractivity contribution is 5.98. The van der Waals surface area contributed by atoms with Crippen LogP contribution in [0.3, 0.4) is 0 Å². The zero-order chi connectivity index (χ0) is 24.5. The van der Waals surface area contributed by atoms with E-state index >= 15 is 0 Å². The minimum absolute atomic E-state index is 0.0548. The van der Waals surface area contributed by atoms with E-state index in [9.17, 15) is 24.5 Å². The van der Waals surface area contributed by atoms with E-state index in [2.05, 4.69) is 10.6 Å². The summed E-state index contributed by atoms with van der Waals surface area (Å²) in [6, 6.07) is 21.1. The van der Waals surface area contributed by atoms with E-state index in [1.165, 1.54) is 24.3 Å². The highest BCUT2D eigenvalue weighted by Crippen LogP contribution is 2.14. The van der Waals surface area contributed by atoms with Crippen LogP contribution in [0.1, 0.15) is 21.5 Å². The van der Waals surface area contributed by atoms with Crippen LogP contribution in [0.2, 0.25) is 0 Å². The van der Waals surface area contributed by atoms with Crippen molar-refractivity contribution in [3.63, 3.8) is 0 Å². The molecule has 0 aliphatic heterocycles. The second-order valence-electron chi connectivity index (χ2n) is 7.67. The molecular formula is C25H24N4O5. The fraction of sp³-hybridized carbons (Fsp3) is 0.160. The number of carbonyl (C=O) groups excluding carboxylic acids is 3. The second-order valence-corrected chi connectivity index (χ2v) is 7.67. The number of primary amides is 1. The van der Waals surface area contributed by atoms with Crippen LogP contribution in [-0.4, -0.2) is 34.7 Å². The van der Waals surface area contributed by atoms with Gasteiger partial charge in [-0.3, -0.25) is 24.5 Å². The Bertz CT molecular complexity index is 1150. The fourth-order valence-corrected chi connectivity index (χ4v) is 3.37. The molecule has 9 heteroatoms. The van der Waals surface area contributed by atoms with E-state index in [4.69, 9.17) is 5.73 Å². The third kappa shape index (κ3) is 6.73. The van der Waals surface area contributed by atoms with Crippen LogP contribution in [0.15, 0.2) is 84.9 Å². The third-order valence-corrected chi connectivity index (χ3v) is 5.19. The number of rotatable bonds is 10. The molecule has 0 spiro atoms. The average molecular weight is 460 g/mol. The fourth-order valence-electron chi connectivity index (χ4n) is 3.37. The van der Waals surface area contributed by atoms with E-state index in [1.54, 1.807) is 30.3 Å². The molecule has 174 valence electrons. The number of hydrogen-bond donors (Lipinski definition) is 3. The first-order valence-corrected chi connectivity index (χ1v) is 10.6. The molecular weight excluding hydrogens is 436 g/mol. The Morgan fingerprint density at radius 2 is 1.29 bits per heavy atom. The molecule has 9 nitrogen and oxygen atoms in total. The Labute approximate surface area is 196 Å². The minimum atomic E-state index is -1.05. The van der Waals surface area contributed by atoms with Crippen molar-refractivity contribution in [3.05, 3.63) is 112 Å². The van der Waals surface area contributed by atoms with Crippen molar-refractivity contribution in [2.75, 3.05) is 0 Å². The smallest absolute Gasteiger partial charge is 0.269 e. The summed E-state index contributed by atoms with van der Waals surface area (Å²) >= 11 is 0. The number of amides is 3. The summed E-state index contributed by atoms with van der Waals surface area (Å²) < 4.78 is 0. The van der Waals surface area contributed by atoms with Crippen LogP contribution < -0.4 is 16.4 Å². The van der Waals surface area contributed by atoms with Gasteiger partial charge >= 0.3 is 0 Å². The van der Waals surface area contributed by atoms with Gasteiger partial charge in [-0.2, -0.15) is 0 Å². The molecule has 2 atom stereocenters. The molecule has 0 radical (unpaired) electrons. The van der Waals surface area contributed by atoms with Gasteiger partial charge in [-0.05, 0) is 23.3 Å². The average Bonchev–Trinajstić information content (AvgIpc) is 2.84. The minimum Gasteiger partial charge on any atom is -0.368 e. The molecule has 0 saturated carbocycles. The van der Waals surface area contributed by atoms with Gasteiger partial charge in [-0.15, -0.1) is 0 Å². The van der Waals surface area contributed by atoms with E-state index in [-0.39, 0.29) is 18.5 Å². The molecule has 0 bridgehead atoms. The van der Waals surface area contributed by atoms with Crippen molar-refractivity contribution in [1.82, 2.24) is 10.6 Å². The number of nitrogens with two attached hydrogens (primary N) is 1. The lowest BCUT2D eigenvalue weighted by atomic mass is 10.0. The summed E-state index contributed by atoms with van der Waals surface area (Å²) in [4.78, 5) is 48.3. The molecule has 4 N–H and O–H groups in total. The summed E-state index contributed by atoms with van der Waals surface area (Å²) in [5.41, 5.74) is 7.20. The van der Waals surface area contributed by atoms with Crippen LogP contribution in [0.5, 0.6) is 0 Å². The van der Waals surface area contributed by atoms with Crippen LogP contribution in [-0.2, 0) is 22.4 Å². The predicted molar refractivity (Wildman–Crippen MR) is 126 cm³/mol. The molecule has 0 aromatic heterocycles. The van der Waals surface area contributed by atoms with E-state index < -0.39 is 34.7 Å². The summed E-state index contributed by atoms with van der Waals surface area (Å²) in [7, 11) is 0. The van der Waals surface area contributed by atoms with Gasteiger partial charge < -0.3 is 16.4 Å². The van der Waals surface area contributed by atoms with Crippen LogP contribution in [0.4, 0.5) is 5.69 Å². The van der Waals surface area contributed by atoms with E-state index in [0.29, 0.717) is 11.1 Å². The van der Waals surface area contributed by atoms with Crippen molar-refractivity contribution < 1.29 is 19.3 Å². The number of nitrogens with one attached hydrogen (secondary N) is 2. The molecule has 0 aliphatic rings. The Morgan fingerprint density at radius 3 is 1.85 bits per heavy atom. The van der Waals surface area contributed by atoms with E-state index in [1.807, 2.05) is 30.3 Å². The highest BCUT2D eigenvalue weighted by atomic mass is 16.6. The zero-order valence-electron chi connectivity index (χ0n) is 18.2. The number of benzene rings is 3.